The summed E-state index contributed by atoms with van der Waals surface area (Å²) in [6, 6.07) is 13.5. The molecule has 2 rings (SSSR count). The second-order valence-electron chi connectivity index (χ2n) is 5.45. The van der Waals surface area contributed by atoms with E-state index in [0.717, 1.165) is 6.42 Å². The Morgan fingerprint density at radius 2 is 1.67 bits per heavy atom. The summed E-state index contributed by atoms with van der Waals surface area (Å²) < 4.78 is 5.00. The molecule has 0 aliphatic rings. The van der Waals surface area contributed by atoms with E-state index in [0.29, 0.717) is 34.9 Å². The molecule has 0 radical (unpaired) electrons. The van der Waals surface area contributed by atoms with E-state index in [1.54, 1.807) is 67.6 Å². The molecule has 126 valence electrons. The summed E-state index contributed by atoms with van der Waals surface area (Å²) in [6.07, 6.45) is 0.742. The maximum absolute atomic E-state index is 12.7. The first-order chi connectivity index (χ1) is 11.5. The predicted octanol–water partition coefficient (Wildman–Crippen LogP) is 3.68. The average Bonchev–Trinajstić information content (AvgIpc) is 2.61. The number of halogens is 1. The molecule has 0 bridgehead atoms. The van der Waals surface area contributed by atoms with Gasteiger partial charge >= 0.3 is 0 Å². The van der Waals surface area contributed by atoms with Gasteiger partial charge in [0.2, 0.25) is 0 Å². The molecular formula is C19H20ClNO3. The third-order valence-electron chi connectivity index (χ3n) is 3.70. The number of ether oxygens (including phenoxy) is 1. The highest BCUT2D eigenvalue weighted by Crippen LogP contribution is 2.18. The van der Waals surface area contributed by atoms with Gasteiger partial charge in [-0.1, -0.05) is 29.8 Å². The van der Waals surface area contributed by atoms with Crippen LogP contribution in [0.2, 0.25) is 5.02 Å². The van der Waals surface area contributed by atoms with Gasteiger partial charge in [-0.15, -0.1) is 0 Å². The molecule has 0 spiro atoms. The average molecular weight is 346 g/mol. The van der Waals surface area contributed by atoms with Gasteiger partial charge in [0, 0.05) is 43.5 Å². The van der Waals surface area contributed by atoms with Crippen LogP contribution in [0.3, 0.4) is 0 Å². The van der Waals surface area contributed by atoms with Gasteiger partial charge < -0.3 is 9.64 Å². The van der Waals surface area contributed by atoms with Crippen molar-refractivity contribution in [2.45, 2.75) is 6.42 Å². The van der Waals surface area contributed by atoms with Crippen LogP contribution in [0.25, 0.3) is 0 Å². The number of methoxy groups -OCH3 is 1. The van der Waals surface area contributed by atoms with E-state index < -0.39 is 0 Å². The van der Waals surface area contributed by atoms with Crippen molar-refractivity contribution >= 4 is 23.3 Å². The van der Waals surface area contributed by atoms with E-state index in [4.69, 9.17) is 16.3 Å². The van der Waals surface area contributed by atoms with Gasteiger partial charge in [-0.2, -0.15) is 0 Å². The first kappa shape index (κ1) is 18.2. The number of nitrogens with zero attached hydrogens (tertiary/aromatic N) is 1. The maximum Gasteiger partial charge on any atom is 0.254 e. The molecule has 0 unspecified atom stereocenters. The van der Waals surface area contributed by atoms with Crippen molar-refractivity contribution in [2.75, 3.05) is 27.3 Å². The summed E-state index contributed by atoms with van der Waals surface area (Å²) in [5.41, 5.74) is 1.29. The van der Waals surface area contributed by atoms with Gasteiger partial charge in [0.15, 0.2) is 5.78 Å². The van der Waals surface area contributed by atoms with Gasteiger partial charge in [-0.3, -0.25) is 9.59 Å². The lowest BCUT2D eigenvalue weighted by atomic mass is 9.97. The van der Waals surface area contributed by atoms with E-state index in [9.17, 15) is 9.59 Å². The van der Waals surface area contributed by atoms with E-state index in [2.05, 4.69) is 0 Å². The Hall–Kier alpha value is -2.17. The molecule has 5 heteroatoms. The lowest BCUT2D eigenvalue weighted by Gasteiger charge is -2.18. The SMILES string of the molecule is COCCCN(C)C(=O)c1ccccc1C(=O)c1ccc(Cl)cc1. The van der Waals surface area contributed by atoms with Crippen molar-refractivity contribution in [1.82, 2.24) is 4.90 Å². The maximum atomic E-state index is 12.7. The Labute approximate surface area is 147 Å². The normalized spacial score (nSPS) is 10.5. The van der Waals surface area contributed by atoms with Crippen molar-refractivity contribution in [1.29, 1.82) is 0 Å². The number of hydrogen-bond donors (Lipinski definition) is 0. The van der Waals surface area contributed by atoms with Gasteiger partial charge in [0.1, 0.15) is 0 Å². The summed E-state index contributed by atoms with van der Waals surface area (Å²) in [5.74, 6) is -0.370. The van der Waals surface area contributed by atoms with E-state index in [1.165, 1.54) is 0 Å². The van der Waals surface area contributed by atoms with Crippen LogP contribution < -0.4 is 0 Å². The zero-order chi connectivity index (χ0) is 17.5. The van der Waals surface area contributed by atoms with Gasteiger partial charge in [-0.25, -0.2) is 0 Å². The molecule has 0 aliphatic carbocycles. The van der Waals surface area contributed by atoms with Crippen LogP contribution in [0.15, 0.2) is 48.5 Å². The number of ketones is 1. The van der Waals surface area contributed by atoms with E-state index in [1.807, 2.05) is 0 Å². The van der Waals surface area contributed by atoms with Crippen LogP contribution in [0, 0.1) is 0 Å². The Balaban J connectivity index is 2.25. The second-order valence-corrected chi connectivity index (χ2v) is 5.89. The Kier molecular flexibility index (Phi) is 6.53. The van der Waals surface area contributed by atoms with Crippen molar-refractivity contribution in [3.05, 3.63) is 70.2 Å². The van der Waals surface area contributed by atoms with E-state index >= 15 is 0 Å². The Bertz CT molecular complexity index is 713. The number of rotatable bonds is 7. The van der Waals surface area contributed by atoms with Crippen LogP contribution in [0.4, 0.5) is 0 Å². The highest BCUT2D eigenvalue weighted by Gasteiger charge is 2.20. The smallest absolute Gasteiger partial charge is 0.254 e. The molecule has 1 amide bonds. The topological polar surface area (TPSA) is 46.6 Å². The molecule has 4 nitrogen and oxygen atoms in total. The van der Waals surface area contributed by atoms with Crippen LogP contribution in [0.1, 0.15) is 32.7 Å². The first-order valence-corrected chi connectivity index (χ1v) is 8.06. The van der Waals surface area contributed by atoms with Gasteiger partial charge in [0.05, 0.1) is 5.56 Å². The molecule has 0 aromatic heterocycles. The van der Waals surface area contributed by atoms with Crippen molar-refractivity contribution < 1.29 is 14.3 Å². The fourth-order valence-corrected chi connectivity index (χ4v) is 2.50. The minimum Gasteiger partial charge on any atom is -0.385 e. The van der Waals surface area contributed by atoms with Crippen LogP contribution in [-0.2, 0) is 4.74 Å². The van der Waals surface area contributed by atoms with Gasteiger partial charge in [-0.05, 0) is 36.8 Å². The summed E-state index contributed by atoms with van der Waals surface area (Å²) in [4.78, 5) is 27.0. The third kappa shape index (κ3) is 4.43. The summed E-state index contributed by atoms with van der Waals surface area (Å²) in [5, 5.41) is 0.564. The van der Waals surface area contributed by atoms with Crippen molar-refractivity contribution in [2.24, 2.45) is 0 Å². The highest BCUT2D eigenvalue weighted by atomic mass is 35.5. The van der Waals surface area contributed by atoms with E-state index in [-0.39, 0.29) is 11.7 Å². The molecule has 2 aromatic carbocycles. The number of amides is 1. The minimum absolute atomic E-state index is 0.177. The highest BCUT2D eigenvalue weighted by molar-refractivity contribution is 6.30. The molecule has 0 atom stereocenters. The van der Waals surface area contributed by atoms with Gasteiger partial charge in [0.25, 0.3) is 5.91 Å². The largest absolute Gasteiger partial charge is 0.385 e. The molecule has 0 saturated heterocycles. The molecular weight excluding hydrogens is 326 g/mol. The minimum atomic E-state index is -0.194. The molecule has 0 N–H and O–H groups in total. The molecule has 0 fully saturated rings. The van der Waals surface area contributed by atoms with Crippen molar-refractivity contribution in [3.8, 4) is 0 Å². The summed E-state index contributed by atoms with van der Waals surface area (Å²) in [7, 11) is 3.35. The van der Waals surface area contributed by atoms with Crippen LogP contribution in [-0.4, -0.2) is 43.9 Å². The predicted molar refractivity (Wildman–Crippen MR) is 94.8 cm³/mol. The quantitative estimate of drug-likeness (QED) is 0.568. The van der Waals surface area contributed by atoms with Crippen LogP contribution in [0.5, 0.6) is 0 Å². The number of carbonyl (C=O) groups excluding carboxylic acids is 2. The number of benzene rings is 2. The zero-order valence-electron chi connectivity index (χ0n) is 13.8. The fraction of sp³-hybridized carbons (Fsp3) is 0.263. The van der Waals surface area contributed by atoms with Crippen molar-refractivity contribution in [3.63, 3.8) is 0 Å². The molecule has 0 heterocycles. The monoisotopic (exact) mass is 345 g/mol. The second kappa shape index (κ2) is 8.62. The van der Waals surface area contributed by atoms with Crippen LogP contribution >= 0.6 is 11.6 Å². The fourth-order valence-electron chi connectivity index (χ4n) is 2.38. The standard InChI is InChI=1S/C19H20ClNO3/c1-21(12-5-13-24-2)19(23)17-7-4-3-6-16(17)18(22)14-8-10-15(20)11-9-14/h3-4,6-11H,5,12-13H2,1-2H3. The molecule has 0 saturated carbocycles. The third-order valence-corrected chi connectivity index (χ3v) is 3.95. The summed E-state index contributed by atoms with van der Waals surface area (Å²) >= 11 is 5.86. The molecule has 24 heavy (non-hydrogen) atoms. The lowest BCUT2D eigenvalue weighted by molar-refractivity contribution is 0.0775. The Morgan fingerprint density at radius 3 is 2.29 bits per heavy atom. The number of carbonyl (C=O) groups is 2. The first-order valence-electron chi connectivity index (χ1n) is 7.68. The summed E-state index contributed by atoms with van der Waals surface area (Å²) in [6.45, 7) is 1.15. The molecule has 2 aromatic rings. The number of hydrogen-bond acceptors (Lipinski definition) is 3. The molecule has 0 aliphatic heterocycles. The zero-order valence-corrected chi connectivity index (χ0v) is 14.5. The Morgan fingerprint density at radius 1 is 1.04 bits per heavy atom. The lowest BCUT2D eigenvalue weighted by Crippen LogP contribution is -2.29.